The highest BCUT2D eigenvalue weighted by Crippen LogP contribution is 2.68. The van der Waals surface area contributed by atoms with Crippen LogP contribution in [0.3, 0.4) is 0 Å². The second kappa shape index (κ2) is 13.1. The Balaban J connectivity index is 1.96. The number of rotatable bonds is 9. The molecule has 0 N–H and O–H groups in total. The Kier molecular flexibility index (Phi) is 9.88. The van der Waals surface area contributed by atoms with E-state index < -0.39 is 59.4 Å². The van der Waals surface area contributed by atoms with Crippen LogP contribution in [0.2, 0.25) is 0 Å². The number of ether oxygens (including phenoxy) is 5. The molecular weight excluding hydrogens is 564 g/mol. The molecule has 4 rings (SSSR count). The zero-order valence-corrected chi connectivity index (χ0v) is 26.7. The maximum Gasteiger partial charge on any atom is 0.338 e. The highest BCUT2D eigenvalue weighted by molar-refractivity contribution is 5.89. The third-order valence-corrected chi connectivity index (χ3v) is 9.55. The molecule has 238 valence electrons. The minimum atomic E-state index is -1.25. The van der Waals surface area contributed by atoms with E-state index in [1.807, 2.05) is 13.0 Å². The van der Waals surface area contributed by atoms with Gasteiger partial charge in [-0.25, -0.2) is 4.79 Å². The van der Waals surface area contributed by atoms with E-state index >= 15 is 0 Å². The van der Waals surface area contributed by atoms with Crippen LogP contribution in [-0.2, 0) is 38.1 Å². The number of hydrogen-bond donors (Lipinski definition) is 0. The summed E-state index contributed by atoms with van der Waals surface area (Å²) >= 11 is 0. The molecule has 8 atom stereocenters. The summed E-state index contributed by atoms with van der Waals surface area (Å²) in [5, 5.41) is 0. The lowest BCUT2D eigenvalue weighted by molar-refractivity contribution is -0.253. The Morgan fingerprint density at radius 2 is 1.66 bits per heavy atom. The van der Waals surface area contributed by atoms with Crippen LogP contribution in [0, 0.1) is 28.6 Å². The minimum absolute atomic E-state index is 0.00730. The monoisotopic (exact) mass is 608 g/mol. The Labute approximate surface area is 259 Å². The Morgan fingerprint density at radius 1 is 1.00 bits per heavy atom. The fraction of sp³-hybridized carbons (Fsp3) is 0.543. The molecule has 1 saturated heterocycles. The van der Waals surface area contributed by atoms with E-state index in [1.54, 1.807) is 50.3 Å². The number of carbonyl (C=O) groups is 4. The number of esters is 4. The van der Waals surface area contributed by atoms with Crippen molar-refractivity contribution >= 4 is 23.9 Å². The maximum atomic E-state index is 13.6. The average Bonchev–Trinajstić information content (AvgIpc) is 3.26. The molecule has 1 spiro atoms. The third kappa shape index (κ3) is 6.25. The zero-order chi connectivity index (χ0) is 32.4. The van der Waals surface area contributed by atoms with Crippen LogP contribution in [-0.4, -0.2) is 48.7 Å². The molecular formula is C35H44O9. The molecule has 2 fully saturated rings. The first kappa shape index (κ1) is 33.2. The van der Waals surface area contributed by atoms with Gasteiger partial charge in [0.2, 0.25) is 12.6 Å². The van der Waals surface area contributed by atoms with Crippen molar-refractivity contribution in [2.24, 2.45) is 28.6 Å². The fourth-order valence-corrected chi connectivity index (χ4v) is 7.04. The lowest BCUT2D eigenvalue weighted by atomic mass is 9.45. The van der Waals surface area contributed by atoms with Gasteiger partial charge in [0.05, 0.1) is 11.5 Å². The van der Waals surface area contributed by atoms with Gasteiger partial charge in [0.25, 0.3) is 0 Å². The van der Waals surface area contributed by atoms with Gasteiger partial charge in [-0.1, -0.05) is 70.2 Å². The summed E-state index contributed by atoms with van der Waals surface area (Å²) in [5.41, 5.74) is 0.0975. The highest BCUT2D eigenvalue weighted by Gasteiger charge is 2.72. The largest absolute Gasteiger partial charge is 0.458 e. The topological polar surface area (TPSA) is 114 Å². The molecule has 44 heavy (non-hydrogen) atoms. The first-order valence-electron chi connectivity index (χ1n) is 15.2. The molecule has 9 nitrogen and oxygen atoms in total. The van der Waals surface area contributed by atoms with Gasteiger partial charge in [-0.2, -0.15) is 0 Å². The van der Waals surface area contributed by atoms with Crippen LogP contribution < -0.4 is 0 Å². The molecule has 0 aromatic heterocycles. The lowest BCUT2D eigenvalue weighted by Crippen LogP contribution is -2.64. The van der Waals surface area contributed by atoms with Gasteiger partial charge in [-0.05, 0) is 61.6 Å². The van der Waals surface area contributed by atoms with Gasteiger partial charge in [-0.3, -0.25) is 19.1 Å². The van der Waals surface area contributed by atoms with Crippen molar-refractivity contribution in [2.45, 2.75) is 92.5 Å². The third-order valence-electron chi connectivity index (χ3n) is 9.55. The molecule has 0 radical (unpaired) electrons. The molecule has 3 aliphatic rings. The van der Waals surface area contributed by atoms with E-state index in [1.165, 1.54) is 13.8 Å². The number of hydrogen-bond acceptors (Lipinski definition) is 9. The number of carbonyl (C=O) groups excluding carboxylic acids is 4. The Hall–Kier alpha value is -3.72. The predicted octanol–water partition coefficient (Wildman–Crippen LogP) is 6.09. The first-order chi connectivity index (χ1) is 20.7. The summed E-state index contributed by atoms with van der Waals surface area (Å²) < 4.78 is 30.1. The average molecular weight is 609 g/mol. The van der Waals surface area contributed by atoms with Gasteiger partial charge < -0.3 is 18.9 Å². The molecule has 1 aromatic carbocycles. The molecule has 9 heteroatoms. The van der Waals surface area contributed by atoms with Crippen LogP contribution in [0.5, 0.6) is 0 Å². The summed E-state index contributed by atoms with van der Waals surface area (Å²) in [6.07, 6.45) is 2.99. The summed E-state index contributed by atoms with van der Waals surface area (Å²) in [6.45, 7) is 16.2. The predicted molar refractivity (Wildman–Crippen MR) is 162 cm³/mol. The van der Waals surface area contributed by atoms with Crippen molar-refractivity contribution < 1.29 is 42.9 Å². The van der Waals surface area contributed by atoms with Crippen LogP contribution in [0.25, 0.3) is 0 Å². The molecule has 1 aromatic rings. The molecule has 0 bridgehead atoms. The molecule has 1 heterocycles. The smallest absolute Gasteiger partial charge is 0.338 e. The summed E-state index contributed by atoms with van der Waals surface area (Å²) in [7, 11) is 0. The van der Waals surface area contributed by atoms with E-state index in [9.17, 15) is 19.2 Å². The van der Waals surface area contributed by atoms with Gasteiger partial charge in [-0.15, -0.1) is 0 Å². The van der Waals surface area contributed by atoms with Crippen molar-refractivity contribution in [3.63, 3.8) is 0 Å². The van der Waals surface area contributed by atoms with Crippen LogP contribution in [0.1, 0.15) is 78.1 Å². The van der Waals surface area contributed by atoms with Crippen LogP contribution >= 0.6 is 0 Å². The Morgan fingerprint density at radius 3 is 2.25 bits per heavy atom. The standard InChI is InChI=1S/C35H44O9/c1-9-21(4)15-16-34(8)22(5)17-29(43-31(39)25-13-11-10-12-14-25)35-27(18-26(19-28(34)35)42-30(38)20(2)3)32(40-23(6)36)44-33(35)41-24(7)37/h9-15,18,20,22,26,28-29,32-33H,1,16-17,19H2,2-8H3/b21-15+/t22-,26+,28+,29+,32-,33+,34-,35-/m0/s1. The Bertz CT molecular complexity index is 1340. The SMILES string of the molecule is C=C/C(C)=C/C[C@]1(C)[C@H]2C[C@H](OC(=O)C(C)C)C=C3[C@@H](OC(C)=O)O[C@@H](OC(C)=O)[C@@]32[C@H](OC(=O)c2ccccc2)C[C@@H]1C. The summed E-state index contributed by atoms with van der Waals surface area (Å²) in [4.78, 5) is 51.3. The normalized spacial score (nSPS) is 32.9. The molecule has 0 amide bonds. The van der Waals surface area contributed by atoms with Gasteiger partial charge in [0.15, 0.2) is 0 Å². The second-order valence-electron chi connectivity index (χ2n) is 12.8. The highest BCUT2D eigenvalue weighted by atomic mass is 16.8. The van der Waals surface area contributed by atoms with Crippen LogP contribution in [0.4, 0.5) is 0 Å². The lowest BCUT2D eigenvalue weighted by Gasteiger charge is -2.60. The first-order valence-corrected chi connectivity index (χ1v) is 15.2. The number of allylic oxidation sites excluding steroid dienone is 3. The quantitative estimate of drug-likeness (QED) is 0.142. The molecule has 0 unspecified atom stereocenters. The van der Waals surface area contributed by atoms with Crippen molar-refractivity contribution in [2.75, 3.05) is 0 Å². The van der Waals surface area contributed by atoms with Crippen molar-refractivity contribution in [1.82, 2.24) is 0 Å². The van der Waals surface area contributed by atoms with E-state index in [4.69, 9.17) is 23.7 Å². The fourth-order valence-electron chi connectivity index (χ4n) is 7.04. The maximum absolute atomic E-state index is 13.6. The second-order valence-corrected chi connectivity index (χ2v) is 12.8. The number of benzene rings is 1. The molecule has 1 saturated carbocycles. The van der Waals surface area contributed by atoms with E-state index in [0.29, 0.717) is 30.4 Å². The van der Waals surface area contributed by atoms with Crippen molar-refractivity contribution in [1.29, 1.82) is 0 Å². The van der Waals surface area contributed by atoms with E-state index in [-0.39, 0.29) is 17.8 Å². The van der Waals surface area contributed by atoms with Gasteiger partial charge >= 0.3 is 23.9 Å². The van der Waals surface area contributed by atoms with Crippen LogP contribution in [0.15, 0.2) is 66.3 Å². The van der Waals surface area contributed by atoms with E-state index in [0.717, 1.165) is 5.57 Å². The summed E-state index contributed by atoms with van der Waals surface area (Å²) in [6, 6.07) is 8.66. The van der Waals surface area contributed by atoms with E-state index in [2.05, 4.69) is 26.5 Å². The van der Waals surface area contributed by atoms with Gasteiger partial charge in [0.1, 0.15) is 17.6 Å². The molecule has 1 aliphatic heterocycles. The van der Waals surface area contributed by atoms with Gasteiger partial charge in [0, 0.05) is 19.4 Å². The summed E-state index contributed by atoms with van der Waals surface area (Å²) in [5.74, 6) is -2.90. The minimum Gasteiger partial charge on any atom is -0.458 e. The van der Waals surface area contributed by atoms with Crippen molar-refractivity contribution in [3.8, 4) is 0 Å². The molecule has 2 aliphatic carbocycles. The zero-order valence-electron chi connectivity index (χ0n) is 26.7. The van der Waals surface area contributed by atoms with Crippen molar-refractivity contribution in [3.05, 3.63) is 71.8 Å².